The molecule has 1 amide bonds. The Morgan fingerprint density at radius 2 is 1.97 bits per heavy atom. The Morgan fingerprint density at radius 3 is 2.57 bits per heavy atom. The minimum absolute atomic E-state index is 0.0118. The molecule has 12 heteroatoms. The van der Waals surface area contributed by atoms with Crippen LogP contribution in [0.3, 0.4) is 0 Å². The van der Waals surface area contributed by atoms with Gasteiger partial charge in [-0.05, 0) is 36.8 Å². The monoisotopic (exact) mass is 480 g/mol. The number of nitrogens with two attached hydrogens (primary N) is 1. The van der Waals surface area contributed by atoms with E-state index in [1.807, 2.05) is 4.90 Å². The lowest BCUT2D eigenvalue weighted by molar-refractivity contribution is -0.140. The molecule has 0 bridgehead atoms. The molecule has 12 nitrogen and oxygen atoms in total. The van der Waals surface area contributed by atoms with Crippen molar-refractivity contribution >= 4 is 40.5 Å². The number of terminal acetylenes is 1. The summed E-state index contributed by atoms with van der Waals surface area (Å²) in [7, 11) is 1.76. The fraction of sp³-hybridized carbons (Fsp3) is 0.261. The summed E-state index contributed by atoms with van der Waals surface area (Å²) in [6.45, 7) is 0.563. The van der Waals surface area contributed by atoms with Gasteiger partial charge in [-0.15, -0.1) is 6.42 Å². The number of aryl methyl sites for hydroxylation is 1. The van der Waals surface area contributed by atoms with E-state index in [1.54, 1.807) is 29.8 Å². The van der Waals surface area contributed by atoms with Crippen LogP contribution in [0.4, 0.5) is 11.6 Å². The van der Waals surface area contributed by atoms with Gasteiger partial charge in [0.05, 0.1) is 18.5 Å². The topological polar surface area (TPSA) is 184 Å². The van der Waals surface area contributed by atoms with Gasteiger partial charge in [0.1, 0.15) is 11.7 Å². The van der Waals surface area contributed by atoms with Crippen molar-refractivity contribution in [3.63, 3.8) is 0 Å². The van der Waals surface area contributed by atoms with E-state index in [-0.39, 0.29) is 36.5 Å². The fourth-order valence-corrected chi connectivity index (χ4v) is 3.56. The van der Waals surface area contributed by atoms with Gasteiger partial charge in [0.15, 0.2) is 0 Å². The van der Waals surface area contributed by atoms with Crippen LogP contribution in [0.1, 0.15) is 28.9 Å². The second-order valence-electron chi connectivity index (χ2n) is 7.79. The Hall–Kier alpha value is -4.79. The number of aliphatic carboxylic acids is 2. The number of aromatic nitrogens is 3. The normalized spacial score (nSPS) is 11.5. The molecule has 0 unspecified atom stereocenters. The highest BCUT2D eigenvalue weighted by Gasteiger charge is 2.22. The molecular weight excluding hydrogens is 456 g/mol. The summed E-state index contributed by atoms with van der Waals surface area (Å²) < 4.78 is 1.75. The highest BCUT2D eigenvalue weighted by atomic mass is 16.4. The molecule has 0 radical (unpaired) electrons. The number of aromatic amines is 1. The molecule has 1 aromatic carbocycles. The van der Waals surface area contributed by atoms with Crippen LogP contribution in [0, 0.1) is 12.3 Å². The van der Waals surface area contributed by atoms with Crippen LogP contribution in [0.5, 0.6) is 0 Å². The number of carbonyl (C=O) groups is 3. The molecule has 1 atom stereocenters. The summed E-state index contributed by atoms with van der Waals surface area (Å²) in [6, 6.07) is 6.72. The SMILES string of the molecule is C#CCN(Cc1cc2c(=O)[nH]c(N)nc2n1C)c1ccc(C(=O)N[C@@H](CCC(=O)O)C(=O)O)cc1. The molecule has 0 spiro atoms. The molecule has 0 fully saturated rings. The maximum atomic E-state index is 12.5. The number of amides is 1. The van der Waals surface area contributed by atoms with Crippen LogP contribution < -0.4 is 21.5 Å². The molecular formula is C23H24N6O6. The summed E-state index contributed by atoms with van der Waals surface area (Å²) in [4.78, 5) is 55.2. The number of nitrogen functional groups attached to an aromatic ring is 1. The molecule has 0 aliphatic heterocycles. The van der Waals surface area contributed by atoms with Gasteiger partial charge in [-0.3, -0.25) is 19.4 Å². The van der Waals surface area contributed by atoms with Crippen molar-refractivity contribution in [2.75, 3.05) is 17.2 Å². The first-order chi connectivity index (χ1) is 16.6. The summed E-state index contributed by atoms with van der Waals surface area (Å²) in [6.07, 6.45) is 4.92. The lowest BCUT2D eigenvalue weighted by atomic mass is 10.1. The van der Waals surface area contributed by atoms with Crippen molar-refractivity contribution in [1.82, 2.24) is 19.9 Å². The summed E-state index contributed by atoms with van der Waals surface area (Å²) in [5.74, 6) is -0.525. The molecule has 35 heavy (non-hydrogen) atoms. The van der Waals surface area contributed by atoms with Crippen molar-refractivity contribution in [1.29, 1.82) is 0 Å². The van der Waals surface area contributed by atoms with E-state index in [4.69, 9.17) is 17.3 Å². The van der Waals surface area contributed by atoms with Gasteiger partial charge in [-0.2, -0.15) is 4.98 Å². The third-order valence-electron chi connectivity index (χ3n) is 5.39. The fourth-order valence-electron chi connectivity index (χ4n) is 3.56. The number of nitrogens with zero attached hydrogens (tertiary/aromatic N) is 3. The summed E-state index contributed by atoms with van der Waals surface area (Å²) in [5.41, 5.74) is 7.37. The van der Waals surface area contributed by atoms with Crippen LogP contribution in [-0.4, -0.2) is 55.2 Å². The van der Waals surface area contributed by atoms with Gasteiger partial charge in [0, 0.05) is 30.4 Å². The van der Waals surface area contributed by atoms with E-state index < -0.39 is 23.9 Å². The number of carbonyl (C=O) groups excluding carboxylic acids is 1. The van der Waals surface area contributed by atoms with Crippen molar-refractivity contribution in [3.8, 4) is 12.3 Å². The van der Waals surface area contributed by atoms with Crippen molar-refractivity contribution < 1.29 is 24.6 Å². The Kier molecular flexibility index (Phi) is 7.40. The zero-order valence-electron chi connectivity index (χ0n) is 18.8. The maximum Gasteiger partial charge on any atom is 0.326 e. The third-order valence-corrected chi connectivity index (χ3v) is 5.39. The van der Waals surface area contributed by atoms with E-state index >= 15 is 0 Å². The zero-order valence-corrected chi connectivity index (χ0v) is 18.8. The quantitative estimate of drug-likeness (QED) is 0.258. The van der Waals surface area contributed by atoms with E-state index in [1.165, 1.54) is 12.1 Å². The molecule has 2 aromatic heterocycles. The van der Waals surface area contributed by atoms with Gasteiger partial charge in [0.25, 0.3) is 11.5 Å². The average molecular weight is 480 g/mol. The molecule has 3 aromatic rings. The first-order valence-electron chi connectivity index (χ1n) is 10.5. The predicted molar refractivity (Wildman–Crippen MR) is 128 cm³/mol. The van der Waals surface area contributed by atoms with Crippen LogP contribution in [-0.2, 0) is 23.2 Å². The first-order valence-corrected chi connectivity index (χ1v) is 10.5. The minimum Gasteiger partial charge on any atom is -0.481 e. The Labute approximate surface area is 199 Å². The van der Waals surface area contributed by atoms with Gasteiger partial charge in [0.2, 0.25) is 5.95 Å². The standard InChI is InChI=1S/C23H24N6O6/c1-3-10-29(12-15-11-16-19(28(15)2)26-23(24)27-21(16)33)14-6-4-13(5-7-14)20(32)25-17(22(34)35)8-9-18(30)31/h1,4-7,11,17H,8-10,12H2,2H3,(H,25,32)(H,30,31)(H,34,35)(H3,24,26,27,33)/t17-/m0/s1. The van der Waals surface area contributed by atoms with Crippen LogP contribution >= 0.6 is 0 Å². The third kappa shape index (κ3) is 5.77. The van der Waals surface area contributed by atoms with Crippen LogP contribution in [0.2, 0.25) is 0 Å². The molecule has 0 saturated carbocycles. The Morgan fingerprint density at radius 1 is 1.29 bits per heavy atom. The number of benzene rings is 1. The molecule has 182 valence electrons. The van der Waals surface area contributed by atoms with E-state index in [0.717, 1.165) is 5.69 Å². The smallest absolute Gasteiger partial charge is 0.326 e. The van der Waals surface area contributed by atoms with Crippen LogP contribution in [0.25, 0.3) is 11.0 Å². The highest BCUT2D eigenvalue weighted by molar-refractivity contribution is 5.97. The Bertz CT molecular complexity index is 1370. The number of carboxylic acids is 2. The van der Waals surface area contributed by atoms with E-state index in [2.05, 4.69) is 21.2 Å². The molecule has 2 heterocycles. The van der Waals surface area contributed by atoms with Gasteiger partial charge in [-0.25, -0.2) is 4.79 Å². The van der Waals surface area contributed by atoms with Gasteiger partial charge < -0.3 is 30.7 Å². The lowest BCUT2D eigenvalue weighted by Crippen LogP contribution is -2.41. The maximum absolute atomic E-state index is 12.5. The number of hydrogen-bond acceptors (Lipinski definition) is 7. The van der Waals surface area contributed by atoms with Crippen molar-refractivity contribution in [2.45, 2.75) is 25.4 Å². The van der Waals surface area contributed by atoms with Crippen LogP contribution in [0.15, 0.2) is 35.1 Å². The van der Waals surface area contributed by atoms with Crippen molar-refractivity contribution in [2.24, 2.45) is 7.05 Å². The molecule has 0 aliphatic carbocycles. The minimum atomic E-state index is -1.33. The number of rotatable bonds is 10. The van der Waals surface area contributed by atoms with Gasteiger partial charge in [-0.1, -0.05) is 5.92 Å². The second-order valence-corrected chi connectivity index (χ2v) is 7.79. The predicted octanol–water partition coefficient (Wildman–Crippen LogP) is 0.531. The number of nitrogens with one attached hydrogen (secondary N) is 2. The number of hydrogen-bond donors (Lipinski definition) is 5. The number of anilines is 2. The van der Waals surface area contributed by atoms with E-state index in [9.17, 15) is 24.3 Å². The summed E-state index contributed by atoms with van der Waals surface area (Å²) in [5, 5.41) is 20.7. The number of fused-ring (bicyclic) bond motifs is 1. The largest absolute Gasteiger partial charge is 0.481 e. The zero-order chi connectivity index (χ0) is 25.7. The number of carboxylic acid groups (broad SMARTS) is 2. The second kappa shape index (κ2) is 10.4. The number of H-pyrrole nitrogens is 1. The highest BCUT2D eigenvalue weighted by Crippen LogP contribution is 2.21. The van der Waals surface area contributed by atoms with Gasteiger partial charge >= 0.3 is 11.9 Å². The van der Waals surface area contributed by atoms with Crippen molar-refractivity contribution in [3.05, 3.63) is 51.9 Å². The Balaban J connectivity index is 1.79. The lowest BCUT2D eigenvalue weighted by Gasteiger charge is -2.23. The summed E-state index contributed by atoms with van der Waals surface area (Å²) >= 11 is 0. The molecule has 0 saturated heterocycles. The van der Waals surface area contributed by atoms with E-state index in [0.29, 0.717) is 23.3 Å². The molecule has 0 aliphatic rings. The first kappa shape index (κ1) is 24.8. The molecule has 3 rings (SSSR count). The average Bonchev–Trinajstić information content (AvgIpc) is 3.11. The molecule has 6 N–H and O–H groups in total.